The molecule has 3 saturated carbocycles. The van der Waals surface area contributed by atoms with Gasteiger partial charge >= 0.3 is 0 Å². The summed E-state index contributed by atoms with van der Waals surface area (Å²) >= 11 is 0. The topological polar surface area (TPSA) is 212 Å². The maximum atomic E-state index is 5.33. The van der Waals surface area contributed by atoms with Crippen molar-refractivity contribution >= 4 is 0 Å². The van der Waals surface area contributed by atoms with Gasteiger partial charge < -0.3 is 97.5 Å². The fourth-order valence-corrected chi connectivity index (χ4v) is 12.7. The summed E-state index contributed by atoms with van der Waals surface area (Å²) in [6.07, 6.45) is 51.6. The number of rotatable bonds is 57. The summed E-state index contributed by atoms with van der Waals surface area (Å²) in [6.45, 7) is 61.3. The van der Waals surface area contributed by atoms with Crippen LogP contribution in [0.4, 0.5) is 0 Å². The van der Waals surface area contributed by atoms with Crippen molar-refractivity contribution in [3.63, 3.8) is 0 Å². The number of hydrogen-bond donors (Lipinski definition) is 13. The van der Waals surface area contributed by atoms with Crippen LogP contribution in [0.1, 0.15) is 379 Å². The smallest absolute Gasteiger partial charge is 0.0701 e. The molecular weight excluding hydrogens is 1710 g/mol. The first kappa shape index (κ1) is 158. The summed E-state index contributed by atoms with van der Waals surface area (Å²) < 4.78 is 30.7. The zero-order chi connectivity index (χ0) is 106. The minimum atomic E-state index is 0.489. The zero-order valence-corrected chi connectivity index (χ0v) is 99.4. The van der Waals surface area contributed by atoms with E-state index in [-0.39, 0.29) is 0 Å². The third-order valence-electron chi connectivity index (χ3n) is 22.4. The third-order valence-corrected chi connectivity index (χ3v) is 22.4. The normalized spacial score (nSPS) is 12.5. The van der Waals surface area contributed by atoms with Gasteiger partial charge in [0.15, 0.2) is 0 Å². The quantitative estimate of drug-likeness (QED) is 0.0237. The van der Waals surface area contributed by atoms with E-state index < -0.39 is 0 Å². The van der Waals surface area contributed by atoms with Crippen LogP contribution in [-0.4, -0.2) is 249 Å². The van der Waals surface area contributed by atoms with Crippen LogP contribution in [-0.2, 0) is 47.8 Å². The molecule has 0 amide bonds. The molecule has 3 aliphatic rings. The Kier molecular flexibility index (Phi) is 170. The highest BCUT2D eigenvalue weighted by Gasteiger charge is 2.14. The molecule has 1 unspecified atom stereocenters. The molecule has 3 aliphatic carbocycles. The van der Waals surface area contributed by atoms with E-state index in [2.05, 4.69) is 273 Å². The lowest BCUT2D eigenvalue weighted by Gasteiger charge is -2.20. The number of nitrogens with one attached hydrogen (secondary N) is 13. The molecule has 0 radical (unpaired) electrons. The summed E-state index contributed by atoms with van der Waals surface area (Å²) in [5.74, 6) is 4.81. The maximum Gasteiger partial charge on any atom is 0.0701 e. The molecule has 832 valence electrons. The molecule has 19 nitrogen and oxygen atoms in total. The van der Waals surface area contributed by atoms with Gasteiger partial charge in [0.05, 0.1) is 52.9 Å². The van der Waals surface area contributed by atoms with Gasteiger partial charge in [-0.15, -0.1) is 0 Å². The van der Waals surface area contributed by atoms with Crippen molar-refractivity contribution in [1.29, 1.82) is 0 Å². The van der Waals surface area contributed by atoms with Crippen molar-refractivity contribution in [2.45, 2.75) is 394 Å². The average Bonchev–Trinajstić information content (AvgIpc) is 1.76. The van der Waals surface area contributed by atoms with Crippen LogP contribution in [0.3, 0.4) is 0 Å². The predicted molar refractivity (Wildman–Crippen MR) is 625 cm³/mol. The van der Waals surface area contributed by atoms with Gasteiger partial charge in [-0.05, 0) is 312 Å². The molecule has 3 fully saturated rings. The number of aryl methyl sites for hydroxylation is 2. The van der Waals surface area contributed by atoms with Gasteiger partial charge in [0, 0.05) is 46.1 Å². The molecule has 0 heterocycles. The van der Waals surface area contributed by atoms with Crippen molar-refractivity contribution in [3.05, 3.63) is 108 Å². The molecule has 1 atom stereocenters. The number of hydrogen-bond acceptors (Lipinski definition) is 19. The Bertz CT molecular complexity index is 2300. The molecule has 0 saturated heterocycles. The SMILES string of the molecule is CCC(C)NC.CCC1CCCCC1.CCCCCNC.CCCCCNC.CCCCNC.CCCCOCCOC.CCCCOCCOCCOCCOC.CCCCc1ccccc1.CCCNC.CNC(C)C.CNCC(C)C.CNCCC(C)(C)C.CNCCC(C)C.CNCCC1CCCC1.CNCCC1CCCCC1.CNCCCc1ccccc1.CNCc1ccccc1. The van der Waals surface area contributed by atoms with E-state index in [9.17, 15) is 0 Å². The Morgan fingerprint density at radius 2 is 0.623 bits per heavy atom. The standard InChI is InChI=1S/C11H24O4.C10H15N.C10H14.C9H19N.C8H17N.C8H11N.C8H16.C7H17N.C7H16O2.3C6H15N.3C5H13N.2C4H11N/c1-3-4-5-13-8-9-15-11-10-14-7-6-12-2;1-11-9-5-8-10-6-3-2-4-7-10;1-2-3-7-10-8-5-4-6-9-10;1-10-8-7-9-5-3-2-4-6-9;1-9-7-6-8-4-2-3-5-8;1-9-7-8-5-3-2-4-6-8;1-2-8-6-4-3-5-7-8;1-7(2,3)5-6-8-4;1-3-4-5-9-7-6-8-2;1-6(2)4-5-7-3;2*1-3-4-5-6-7-2;1-5(2)4-6-3;1-4-5(2)6-3;1-3-4-5-6-2;1-4(2)5-3;1-3-4-5-2/h3-11H2,1-2H3;2-4,6-7,11H,5,8-9H2,1H3;4-6,8-9H,2-3,7H2,1H3;9-10H,2-8H2,1H3;8-9H,2-7H2,1H3;2-6,9H,7H2,1H3;8H,2-7H2,1H3;8H,5-6H2,1-4H3;3-7H2,1-2H3;6-7H,4-5H2,1-3H3;2*7H,3-6H2,1-2H3;2*5-6H,4H2,1-3H3;6H,3-5H2,1-2H3;4-5H,1-3H3;5H,3-4H2,1-2H3. The Balaban J connectivity index is -0.000000139. The van der Waals surface area contributed by atoms with Crippen LogP contribution < -0.4 is 69.1 Å². The summed E-state index contributed by atoms with van der Waals surface area (Å²) in [4.78, 5) is 0. The zero-order valence-electron chi connectivity index (χ0n) is 99.4. The van der Waals surface area contributed by atoms with E-state index >= 15 is 0 Å². The van der Waals surface area contributed by atoms with Crippen molar-refractivity contribution in [2.75, 3.05) is 237 Å². The van der Waals surface area contributed by atoms with Crippen molar-refractivity contribution < 1.29 is 28.4 Å². The van der Waals surface area contributed by atoms with E-state index in [0.29, 0.717) is 63.7 Å². The number of benzene rings is 3. The lowest BCUT2D eigenvalue weighted by molar-refractivity contribution is 0.00337. The van der Waals surface area contributed by atoms with Crippen LogP contribution in [0, 0.1) is 35.0 Å². The van der Waals surface area contributed by atoms with E-state index in [4.69, 9.17) is 28.4 Å². The minimum Gasteiger partial charge on any atom is -0.382 e. The van der Waals surface area contributed by atoms with Gasteiger partial charge in [-0.2, -0.15) is 0 Å². The number of unbranched alkanes of at least 4 members (excludes halogenated alkanes) is 8. The second-order valence-electron chi connectivity index (χ2n) is 38.7. The Labute approximate surface area is 866 Å². The molecule has 0 bridgehead atoms. The van der Waals surface area contributed by atoms with E-state index in [1.807, 2.05) is 110 Å². The van der Waals surface area contributed by atoms with Crippen molar-refractivity contribution in [1.82, 2.24) is 69.1 Å². The highest BCUT2D eigenvalue weighted by Crippen LogP contribution is 2.28. The number of methoxy groups -OCH3 is 2. The van der Waals surface area contributed by atoms with E-state index in [1.54, 1.807) is 14.2 Å². The molecule has 0 spiro atoms. The van der Waals surface area contributed by atoms with Gasteiger partial charge in [-0.25, -0.2) is 0 Å². The first-order valence-corrected chi connectivity index (χ1v) is 56.6. The van der Waals surface area contributed by atoms with Crippen molar-refractivity contribution in [3.8, 4) is 0 Å². The molecular formula is C119H255N13O6. The van der Waals surface area contributed by atoms with Crippen LogP contribution in [0.5, 0.6) is 0 Å². The van der Waals surface area contributed by atoms with Gasteiger partial charge in [-0.3, -0.25) is 0 Å². The summed E-state index contributed by atoms with van der Waals surface area (Å²) in [6, 6.07) is 32.9. The lowest BCUT2D eigenvalue weighted by Crippen LogP contribution is -2.19. The monoisotopic (exact) mass is 1960 g/mol. The molecule has 0 aliphatic heterocycles. The summed E-state index contributed by atoms with van der Waals surface area (Å²) in [5, 5.41) is 40.4. The second kappa shape index (κ2) is 149. The molecule has 3 aromatic carbocycles. The van der Waals surface area contributed by atoms with Gasteiger partial charge in [0.25, 0.3) is 0 Å². The molecule has 19 heteroatoms. The first-order chi connectivity index (χ1) is 66.8. The Hall–Kier alpha value is -3.10. The molecule has 13 N–H and O–H groups in total. The molecule has 3 aromatic rings. The predicted octanol–water partition coefficient (Wildman–Crippen LogP) is 25.9. The largest absolute Gasteiger partial charge is 0.382 e. The van der Waals surface area contributed by atoms with Crippen molar-refractivity contribution in [2.24, 2.45) is 35.0 Å². The van der Waals surface area contributed by atoms with E-state index in [1.165, 1.54) is 274 Å². The van der Waals surface area contributed by atoms with E-state index in [0.717, 1.165) is 108 Å². The Morgan fingerprint density at radius 1 is 0.297 bits per heavy atom. The first-order valence-electron chi connectivity index (χ1n) is 56.6. The van der Waals surface area contributed by atoms with Gasteiger partial charge in [0.2, 0.25) is 0 Å². The van der Waals surface area contributed by atoms with Crippen LogP contribution >= 0.6 is 0 Å². The Morgan fingerprint density at radius 3 is 0.862 bits per heavy atom. The maximum absolute atomic E-state index is 5.33. The second-order valence-corrected chi connectivity index (χ2v) is 38.7. The fourth-order valence-electron chi connectivity index (χ4n) is 12.7. The lowest BCUT2D eigenvalue weighted by atomic mass is 9.87. The average molecular weight is 1960 g/mol. The molecule has 6 rings (SSSR count). The number of ether oxygens (including phenoxy) is 6. The third kappa shape index (κ3) is 175. The van der Waals surface area contributed by atoms with Crippen LogP contribution in [0.2, 0.25) is 0 Å². The molecule has 138 heavy (non-hydrogen) atoms. The van der Waals surface area contributed by atoms with Gasteiger partial charge in [0.1, 0.15) is 0 Å². The van der Waals surface area contributed by atoms with Crippen LogP contribution in [0.15, 0.2) is 91.0 Å². The summed E-state index contributed by atoms with van der Waals surface area (Å²) in [5.41, 5.74) is 4.72. The highest BCUT2D eigenvalue weighted by atomic mass is 16.6. The highest BCUT2D eigenvalue weighted by molar-refractivity contribution is 5.16. The van der Waals surface area contributed by atoms with Crippen LogP contribution in [0.25, 0.3) is 0 Å². The fraction of sp³-hybridized carbons (Fsp3) is 0.849. The molecule has 0 aromatic heterocycles. The van der Waals surface area contributed by atoms with Gasteiger partial charge in [-0.1, -0.05) is 363 Å². The minimum absolute atomic E-state index is 0.489. The summed E-state index contributed by atoms with van der Waals surface area (Å²) in [7, 11) is 29.2.